The maximum Gasteiger partial charge on any atom is 0.129 e. The standard InChI is InChI=1S/C78H48F2N6S/c79-62-35-44-72-68(47-62)69-48-63(80)36-45-73(69)86(72)66-41-33-55(34-42-66)67-43-46-74(78-77(67)83-87-84-78)85(64-37-29-53(30-38-64)51-21-25-56(26-22-51)70(49-81)75(58-13-5-1-6-14-58)59-15-7-2-8-16-59)65-39-31-54(32-40-65)52-23-27-57(28-24-52)71(50-82)76(60-17-9-3-10-18-60)61-19-11-4-12-20-61/h1-48H. The Labute approximate surface area is 506 Å². The molecule has 0 fully saturated rings. The quantitative estimate of drug-likeness (QED) is 0.0849. The lowest BCUT2D eigenvalue weighted by Gasteiger charge is -2.26. The predicted octanol–water partition coefficient (Wildman–Crippen LogP) is 20.5. The molecule has 9 heteroatoms. The van der Waals surface area contributed by atoms with E-state index in [1.165, 1.54) is 24.3 Å². The van der Waals surface area contributed by atoms with Gasteiger partial charge in [0.1, 0.15) is 34.8 Å². The van der Waals surface area contributed by atoms with E-state index in [4.69, 9.17) is 8.75 Å². The van der Waals surface area contributed by atoms with Crippen LogP contribution in [0.1, 0.15) is 33.4 Å². The van der Waals surface area contributed by atoms with E-state index in [1.54, 1.807) is 12.1 Å². The van der Waals surface area contributed by atoms with Gasteiger partial charge in [-0.25, -0.2) is 8.78 Å². The first kappa shape index (κ1) is 53.4. The monoisotopic (exact) mass is 1140 g/mol. The van der Waals surface area contributed by atoms with Crippen molar-refractivity contribution >= 4 is 83.9 Å². The van der Waals surface area contributed by atoms with Crippen LogP contribution in [0.4, 0.5) is 25.8 Å². The van der Waals surface area contributed by atoms with Gasteiger partial charge in [-0.1, -0.05) is 206 Å². The molecule has 14 rings (SSSR count). The molecule has 2 aromatic heterocycles. The first-order chi connectivity index (χ1) is 42.9. The van der Waals surface area contributed by atoms with Gasteiger partial charge >= 0.3 is 0 Å². The number of hydrogen-bond donors (Lipinski definition) is 0. The summed E-state index contributed by atoms with van der Waals surface area (Å²) in [5, 5.41) is 22.7. The number of nitrogens with zero attached hydrogens (tertiary/aromatic N) is 6. The molecular formula is C78H48F2N6S. The summed E-state index contributed by atoms with van der Waals surface area (Å²) in [5.74, 6) is -0.767. The molecule has 0 aliphatic carbocycles. The molecule has 0 bridgehead atoms. The van der Waals surface area contributed by atoms with Gasteiger partial charge in [-0.2, -0.15) is 19.3 Å². The van der Waals surface area contributed by atoms with E-state index in [2.05, 4.69) is 102 Å². The third-order valence-corrected chi connectivity index (χ3v) is 16.5. The highest BCUT2D eigenvalue weighted by molar-refractivity contribution is 7.00. The van der Waals surface area contributed by atoms with Crippen molar-refractivity contribution in [2.45, 2.75) is 0 Å². The molecule has 0 amide bonds. The topological polar surface area (TPSA) is 81.5 Å². The number of rotatable bonds is 13. The molecular weight excluding hydrogens is 1090 g/mol. The molecule has 0 radical (unpaired) electrons. The highest BCUT2D eigenvalue weighted by Gasteiger charge is 2.23. The fourth-order valence-corrected chi connectivity index (χ4v) is 12.4. The molecule has 87 heavy (non-hydrogen) atoms. The molecule has 2 heterocycles. The van der Waals surface area contributed by atoms with Gasteiger partial charge in [0.05, 0.1) is 39.6 Å². The molecule has 6 nitrogen and oxygen atoms in total. The van der Waals surface area contributed by atoms with Crippen molar-refractivity contribution in [3.05, 3.63) is 336 Å². The van der Waals surface area contributed by atoms with E-state index >= 15 is 0 Å². The van der Waals surface area contributed by atoms with E-state index in [0.717, 1.165) is 134 Å². The number of hydrogen-bond acceptors (Lipinski definition) is 6. The summed E-state index contributed by atoms with van der Waals surface area (Å²) in [7, 11) is 0. The van der Waals surface area contributed by atoms with E-state index in [1.807, 2.05) is 174 Å². The Bertz CT molecular complexity index is 4670. The summed E-state index contributed by atoms with van der Waals surface area (Å²) in [4.78, 5) is 2.21. The average Bonchev–Trinajstić information content (AvgIpc) is 1.96. The second kappa shape index (κ2) is 23.2. The third-order valence-electron chi connectivity index (χ3n) is 16.0. The van der Waals surface area contributed by atoms with Crippen molar-refractivity contribution in [2.24, 2.45) is 0 Å². The number of fused-ring (bicyclic) bond motifs is 4. The van der Waals surface area contributed by atoms with Crippen LogP contribution >= 0.6 is 11.7 Å². The van der Waals surface area contributed by atoms with E-state index < -0.39 is 0 Å². The van der Waals surface area contributed by atoms with Crippen molar-refractivity contribution in [3.63, 3.8) is 0 Å². The normalized spacial score (nSPS) is 11.1. The van der Waals surface area contributed by atoms with Gasteiger partial charge in [-0.3, -0.25) is 0 Å². The van der Waals surface area contributed by atoms with Crippen LogP contribution in [-0.2, 0) is 0 Å². The Morgan fingerprint density at radius 2 is 0.736 bits per heavy atom. The minimum Gasteiger partial charge on any atom is -0.309 e. The third kappa shape index (κ3) is 10.2. The second-order valence-electron chi connectivity index (χ2n) is 21.1. The van der Waals surface area contributed by atoms with Gasteiger partial charge in [-0.15, -0.1) is 0 Å². The predicted molar refractivity (Wildman–Crippen MR) is 351 cm³/mol. The van der Waals surface area contributed by atoms with Crippen molar-refractivity contribution in [2.75, 3.05) is 4.90 Å². The molecule has 14 aromatic rings. The maximum absolute atomic E-state index is 14.6. The molecule has 0 atom stereocenters. The Morgan fingerprint density at radius 1 is 0.368 bits per heavy atom. The number of nitriles is 2. The van der Waals surface area contributed by atoms with Crippen LogP contribution in [0.3, 0.4) is 0 Å². The van der Waals surface area contributed by atoms with E-state index in [0.29, 0.717) is 21.9 Å². The second-order valence-corrected chi connectivity index (χ2v) is 21.6. The molecule has 0 spiro atoms. The highest BCUT2D eigenvalue weighted by atomic mass is 32.1. The fraction of sp³-hybridized carbons (Fsp3) is 0. The summed E-state index contributed by atoms with van der Waals surface area (Å²) in [6.45, 7) is 0. The Balaban J connectivity index is 0.824. The minimum absolute atomic E-state index is 0.384. The largest absolute Gasteiger partial charge is 0.309 e. The Hall–Kier alpha value is -11.6. The lowest BCUT2D eigenvalue weighted by molar-refractivity contribution is 0.628. The summed E-state index contributed by atoms with van der Waals surface area (Å²) in [6, 6.07) is 100. The van der Waals surface area contributed by atoms with Gasteiger partial charge in [0.2, 0.25) is 0 Å². The van der Waals surface area contributed by atoms with E-state index in [9.17, 15) is 19.3 Å². The molecule has 410 valence electrons. The number of halogens is 2. The molecule has 0 N–H and O–H groups in total. The summed E-state index contributed by atoms with van der Waals surface area (Å²) >= 11 is 1.16. The van der Waals surface area contributed by atoms with Crippen molar-refractivity contribution in [3.8, 4) is 51.2 Å². The lowest BCUT2D eigenvalue weighted by atomic mass is 9.89. The van der Waals surface area contributed by atoms with Crippen molar-refractivity contribution in [1.29, 1.82) is 10.5 Å². The van der Waals surface area contributed by atoms with Gasteiger partial charge < -0.3 is 9.47 Å². The lowest BCUT2D eigenvalue weighted by Crippen LogP contribution is -2.10. The zero-order valence-electron chi connectivity index (χ0n) is 46.6. The zero-order valence-corrected chi connectivity index (χ0v) is 47.4. The smallest absolute Gasteiger partial charge is 0.129 e. The van der Waals surface area contributed by atoms with Crippen LogP contribution in [0.25, 0.3) is 94.2 Å². The van der Waals surface area contributed by atoms with E-state index in [-0.39, 0.29) is 11.6 Å². The molecule has 0 aliphatic heterocycles. The van der Waals surface area contributed by atoms with Crippen molar-refractivity contribution < 1.29 is 8.78 Å². The van der Waals surface area contributed by atoms with Crippen LogP contribution in [0.15, 0.2) is 291 Å². The minimum atomic E-state index is -0.384. The molecule has 0 unspecified atom stereocenters. The number of anilines is 3. The molecule has 0 aliphatic rings. The average molecular weight is 1140 g/mol. The fourth-order valence-electron chi connectivity index (χ4n) is 11.9. The highest BCUT2D eigenvalue weighted by Crippen LogP contribution is 2.44. The molecule has 0 saturated heterocycles. The Morgan fingerprint density at radius 3 is 1.13 bits per heavy atom. The molecule has 12 aromatic carbocycles. The summed E-state index contributed by atoms with van der Waals surface area (Å²) < 4.78 is 41.1. The van der Waals surface area contributed by atoms with Crippen LogP contribution in [-0.4, -0.2) is 13.3 Å². The van der Waals surface area contributed by atoms with Crippen LogP contribution in [0.2, 0.25) is 0 Å². The van der Waals surface area contributed by atoms with Crippen LogP contribution < -0.4 is 4.90 Å². The van der Waals surface area contributed by atoms with Crippen LogP contribution in [0, 0.1) is 34.3 Å². The van der Waals surface area contributed by atoms with Crippen LogP contribution in [0.5, 0.6) is 0 Å². The van der Waals surface area contributed by atoms with Gasteiger partial charge in [-0.05, 0) is 146 Å². The van der Waals surface area contributed by atoms with Gasteiger partial charge in [0.25, 0.3) is 0 Å². The first-order valence-corrected chi connectivity index (χ1v) is 29.1. The Kier molecular flexibility index (Phi) is 14.2. The molecule has 0 saturated carbocycles. The number of benzene rings is 12. The van der Waals surface area contributed by atoms with Crippen molar-refractivity contribution in [1.82, 2.24) is 13.3 Å². The first-order valence-electron chi connectivity index (χ1n) is 28.4. The summed E-state index contributed by atoms with van der Waals surface area (Å²) in [6.07, 6.45) is 0. The number of allylic oxidation sites excluding steroid dienone is 2. The SMILES string of the molecule is N#CC(=C(c1ccccc1)c1ccccc1)c1ccc(-c2ccc(N(c3ccc(-c4ccc(C(C#N)=C(c5ccccc5)c5ccccc5)cc4)cc3)c3ccc(-c4ccc(-n5c6ccc(F)cc6c6cc(F)ccc65)cc4)c4nsnc34)cc2)cc1. The van der Waals surface area contributed by atoms with Gasteiger partial charge in [0.15, 0.2) is 0 Å². The van der Waals surface area contributed by atoms with Gasteiger partial charge in [0, 0.05) is 44.5 Å². The number of aromatic nitrogens is 3. The zero-order chi connectivity index (χ0) is 58.8. The summed E-state index contributed by atoms with van der Waals surface area (Å²) in [5.41, 5.74) is 20.8. The maximum atomic E-state index is 14.6.